The number of non-ortho nitro benzene ring substituents is 1. The highest BCUT2D eigenvalue weighted by molar-refractivity contribution is 6.07. The maximum absolute atomic E-state index is 13.1. The first-order chi connectivity index (χ1) is 12.4. The molecule has 0 radical (unpaired) electrons. The summed E-state index contributed by atoms with van der Waals surface area (Å²) in [6.45, 7) is 4.50. The molecule has 1 amide bonds. The Morgan fingerprint density at radius 1 is 1.50 bits per heavy atom. The number of aryl methyl sites for hydroxylation is 1. The number of nitro benzene ring substituents is 1. The van der Waals surface area contributed by atoms with Crippen LogP contribution >= 0.6 is 0 Å². The molecule has 26 heavy (non-hydrogen) atoms. The van der Waals surface area contributed by atoms with Crippen molar-refractivity contribution in [2.75, 3.05) is 18.5 Å². The number of carbonyl (C=O) groups excluding carboxylic acids is 2. The molecule has 2 saturated heterocycles. The second-order valence-corrected chi connectivity index (χ2v) is 7.22. The summed E-state index contributed by atoms with van der Waals surface area (Å²) in [5.74, 6) is -0.881. The van der Waals surface area contributed by atoms with Crippen molar-refractivity contribution in [1.82, 2.24) is 4.90 Å². The van der Waals surface area contributed by atoms with Crippen LogP contribution in [0.5, 0.6) is 0 Å². The normalized spacial score (nSPS) is 29.5. The largest absolute Gasteiger partial charge is 0.466 e. The van der Waals surface area contributed by atoms with Crippen molar-refractivity contribution in [1.29, 1.82) is 0 Å². The minimum atomic E-state index is -1.02. The summed E-state index contributed by atoms with van der Waals surface area (Å²) in [7, 11) is 0. The zero-order valence-corrected chi connectivity index (χ0v) is 14.8. The summed E-state index contributed by atoms with van der Waals surface area (Å²) in [5, 5.41) is 14.2. The van der Waals surface area contributed by atoms with E-state index in [2.05, 4.69) is 10.2 Å². The molecular formula is C18H21N3O5. The third-order valence-corrected chi connectivity index (χ3v) is 5.95. The molecule has 0 aromatic heterocycles. The zero-order valence-electron chi connectivity index (χ0n) is 14.8. The van der Waals surface area contributed by atoms with Gasteiger partial charge >= 0.3 is 5.97 Å². The lowest BCUT2D eigenvalue weighted by atomic mass is 9.83. The second-order valence-electron chi connectivity index (χ2n) is 7.22. The fraction of sp³-hybridized carbons (Fsp3) is 0.556. The predicted molar refractivity (Wildman–Crippen MR) is 92.6 cm³/mol. The van der Waals surface area contributed by atoms with E-state index in [4.69, 9.17) is 4.74 Å². The number of ether oxygens (including phenoxy) is 1. The third-order valence-electron chi connectivity index (χ3n) is 5.95. The molecule has 8 nitrogen and oxygen atoms in total. The summed E-state index contributed by atoms with van der Waals surface area (Å²) in [5.41, 5.74) is 0.857. The van der Waals surface area contributed by atoms with E-state index < -0.39 is 16.4 Å². The Morgan fingerprint density at radius 2 is 2.27 bits per heavy atom. The van der Waals surface area contributed by atoms with Crippen LogP contribution in [-0.4, -0.2) is 40.9 Å². The van der Waals surface area contributed by atoms with E-state index in [0.717, 1.165) is 12.8 Å². The molecule has 0 saturated carbocycles. The standard InChI is InChI=1S/C18H21N3O5/c1-3-26-16(22)12-9-18(20-6-4-5-14(12)20)13-8-11(21(24)25)7-10(2)15(13)19-17(18)23/h7-8,12,14H,3-6,9H2,1-2H3,(H,19,23)/t12-,14+,18+/m1/s1. The summed E-state index contributed by atoms with van der Waals surface area (Å²) < 4.78 is 5.24. The molecule has 1 aromatic rings. The number of anilines is 1. The van der Waals surface area contributed by atoms with Crippen LogP contribution < -0.4 is 5.32 Å². The minimum Gasteiger partial charge on any atom is -0.466 e. The second kappa shape index (κ2) is 5.77. The number of rotatable bonds is 3. The van der Waals surface area contributed by atoms with Crippen LogP contribution in [0, 0.1) is 23.0 Å². The molecule has 2 fully saturated rings. The van der Waals surface area contributed by atoms with Crippen molar-refractivity contribution in [3.8, 4) is 0 Å². The molecule has 3 heterocycles. The molecule has 0 bridgehead atoms. The molecule has 1 N–H and O–H groups in total. The van der Waals surface area contributed by atoms with Crippen molar-refractivity contribution in [2.24, 2.45) is 5.92 Å². The van der Waals surface area contributed by atoms with Crippen LogP contribution in [0.15, 0.2) is 12.1 Å². The first-order valence-corrected chi connectivity index (χ1v) is 8.94. The molecule has 8 heteroatoms. The van der Waals surface area contributed by atoms with E-state index in [1.165, 1.54) is 12.1 Å². The molecule has 3 aliphatic rings. The highest BCUT2D eigenvalue weighted by atomic mass is 16.6. The van der Waals surface area contributed by atoms with Crippen LogP contribution in [0.3, 0.4) is 0 Å². The maximum atomic E-state index is 13.1. The summed E-state index contributed by atoms with van der Waals surface area (Å²) >= 11 is 0. The third kappa shape index (κ3) is 2.11. The van der Waals surface area contributed by atoms with Gasteiger partial charge in [0.1, 0.15) is 5.54 Å². The van der Waals surface area contributed by atoms with Crippen LogP contribution in [0.2, 0.25) is 0 Å². The van der Waals surface area contributed by atoms with Gasteiger partial charge < -0.3 is 10.1 Å². The van der Waals surface area contributed by atoms with Gasteiger partial charge in [0.15, 0.2) is 0 Å². The molecule has 1 spiro atoms. The van der Waals surface area contributed by atoms with Gasteiger partial charge in [0, 0.05) is 29.4 Å². The van der Waals surface area contributed by atoms with E-state index in [1.54, 1.807) is 13.8 Å². The van der Waals surface area contributed by atoms with Crippen LogP contribution in [-0.2, 0) is 19.9 Å². The van der Waals surface area contributed by atoms with Crippen molar-refractivity contribution in [3.05, 3.63) is 33.4 Å². The molecule has 4 rings (SSSR count). The molecular weight excluding hydrogens is 338 g/mol. The lowest BCUT2D eigenvalue weighted by Gasteiger charge is -2.32. The topological polar surface area (TPSA) is 102 Å². The number of nitro groups is 1. The Balaban J connectivity index is 1.86. The molecule has 138 valence electrons. The molecule has 0 aliphatic carbocycles. The first kappa shape index (κ1) is 17.0. The Morgan fingerprint density at radius 3 is 2.96 bits per heavy atom. The highest BCUT2D eigenvalue weighted by Crippen LogP contribution is 2.55. The van der Waals surface area contributed by atoms with E-state index in [1.807, 2.05) is 0 Å². The van der Waals surface area contributed by atoms with Gasteiger partial charge in [-0.05, 0) is 45.2 Å². The van der Waals surface area contributed by atoms with Crippen molar-refractivity contribution in [3.63, 3.8) is 0 Å². The van der Waals surface area contributed by atoms with Crippen molar-refractivity contribution >= 4 is 23.3 Å². The number of benzene rings is 1. The van der Waals surface area contributed by atoms with Gasteiger partial charge in [-0.3, -0.25) is 24.6 Å². The molecule has 3 aliphatic heterocycles. The quantitative estimate of drug-likeness (QED) is 0.504. The average molecular weight is 359 g/mol. The van der Waals surface area contributed by atoms with Crippen molar-refractivity contribution < 1.29 is 19.2 Å². The lowest BCUT2D eigenvalue weighted by molar-refractivity contribution is -0.385. The van der Waals surface area contributed by atoms with Gasteiger partial charge in [0.05, 0.1) is 17.4 Å². The zero-order chi connectivity index (χ0) is 18.6. The number of esters is 1. The SMILES string of the molecule is CCOC(=O)[C@@H]1C[C@]2(C(=O)Nc3c(C)cc([N+](=O)[O-])cc32)N2CCC[C@@H]12. The predicted octanol–water partition coefficient (Wildman–Crippen LogP) is 2.10. The lowest BCUT2D eigenvalue weighted by Crippen LogP contribution is -2.47. The smallest absolute Gasteiger partial charge is 0.310 e. The number of nitrogens with zero attached hydrogens (tertiary/aromatic N) is 2. The van der Waals surface area contributed by atoms with Gasteiger partial charge in [0.25, 0.3) is 5.69 Å². The van der Waals surface area contributed by atoms with E-state index in [-0.39, 0.29) is 23.6 Å². The number of hydrogen-bond acceptors (Lipinski definition) is 6. The van der Waals surface area contributed by atoms with Gasteiger partial charge in [-0.15, -0.1) is 0 Å². The van der Waals surface area contributed by atoms with Crippen LogP contribution in [0.25, 0.3) is 0 Å². The van der Waals surface area contributed by atoms with E-state index >= 15 is 0 Å². The Labute approximate surface area is 150 Å². The molecule has 1 aromatic carbocycles. The number of carbonyl (C=O) groups is 2. The average Bonchev–Trinajstić information content (AvgIpc) is 3.24. The summed E-state index contributed by atoms with van der Waals surface area (Å²) in [6, 6.07) is 2.89. The maximum Gasteiger partial charge on any atom is 0.310 e. The fourth-order valence-electron chi connectivity index (χ4n) is 4.94. The van der Waals surface area contributed by atoms with Gasteiger partial charge in [-0.25, -0.2) is 0 Å². The molecule has 0 unspecified atom stereocenters. The number of nitrogens with one attached hydrogen (secondary N) is 1. The Bertz CT molecular complexity index is 823. The van der Waals surface area contributed by atoms with E-state index in [9.17, 15) is 19.7 Å². The van der Waals surface area contributed by atoms with Gasteiger partial charge in [0.2, 0.25) is 5.91 Å². The first-order valence-electron chi connectivity index (χ1n) is 8.94. The minimum absolute atomic E-state index is 0.0348. The number of amides is 1. The van der Waals surface area contributed by atoms with Crippen LogP contribution in [0.4, 0.5) is 11.4 Å². The van der Waals surface area contributed by atoms with Crippen LogP contribution in [0.1, 0.15) is 37.3 Å². The van der Waals surface area contributed by atoms with E-state index in [0.29, 0.717) is 36.4 Å². The number of hydrogen-bond donors (Lipinski definition) is 1. The van der Waals surface area contributed by atoms with Crippen molar-refractivity contribution in [2.45, 2.75) is 44.7 Å². The monoisotopic (exact) mass is 359 g/mol. The Kier molecular flexibility index (Phi) is 3.76. The van der Waals surface area contributed by atoms with Gasteiger partial charge in [-0.2, -0.15) is 0 Å². The number of fused-ring (bicyclic) bond motifs is 4. The fourth-order valence-corrected chi connectivity index (χ4v) is 4.94. The molecule has 3 atom stereocenters. The Hall–Kier alpha value is -2.48. The summed E-state index contributed by atoms with van der Waals surface area (Å²) in [6.07, 6.45) is 2.01. The highest BCUT2D eigenvalue weighted by Gasteiger charge is 2.63. The van der Waals surface area contributed by atoms with Gasteiger partial charge in [-0.1, -0.05) is 0 Å². The summed E-state index contributed by atoms with van der Waals surface area (Å²) in [4.78, 5) is 38.5.